The minimum Gasteiger partial charge on any atom is -0.462 e. The molecular weight excluding hydrogens is 208 g/mol. The molecule has 1 heterocycles. The zero-order chi connectivity index (χ0) is 11.5. The van der Waals surface area contributed by atoms with Crippen LogP contribution in [0.4, 0.5) is 0 Å². The Morgan fingerprint density at radius 3 is 3.06 bits per heavy atom. The Morgan fingerprint density at radius 1 is 1.56 bits per heavy atom. The van der Waals surface area contributed by atoms with Gasteiger partial charge >= 0.3 is 5.97 Å². The van der Waals surface area contributed by atoms with Crippen molar-refractivity contribution < 1.29 is 14.3 Å². The van der Waals surface area contributed by atoms with Crippen LogP contribution in [0.5, 0.6) is 0 Å². The van der Waals surface area contributed by atoms with Gasteiger partial charge in [0.1, 0.15) is 5.69 Å². The first kappa shape index (κ1) is 10.4. The maximum Gasteiger partial charge on any atom is 0.338 e. The minimum absolute atomic E-state index is 0.322. The summed E-state index contributed by atoms with van der Waals surface area (Å²) in [5, 5.41) is 7.14. The average Bonchev–Trinajstić information content (AvgIpc) is 2.71. The molecule has 0 amide bonds. The van der Waals surface area contributed by atoms with Crippen LogP contribution in [-0.4, -0.2) is 29.1 Å². The van der Waals surface area contributed by atoms with E-state index in [2.05, 4.69) is 10.2 Å². The van der Waals surface area contributed by atoms with Crippen molar-refractivity contribution in [3.63, 3.8) is 0 Å². The predicted octanol–water partition coefficient (Wildman–Crippen LogP) is 1.55. The van der Waals surface area contributed by atoms with Gasteiger partial charge in [0.15, 0.2) is 6.29 Å². The molecule has 5 heteroatoms. The highest BCUT2D eigenvalue weighted by atomic mass is 16.5. The van der Waals surface area contributed by atoms with Crippen molar-refractivity contribution in [3.05, 3.63) is 29.5 Å². The van der Waals surface area contributed by atoms with Gasteiger partial charge in [-0.2, -0.15) is 5.10 Å². The van der Waals surface area contributed by atoms with Gasteiger partial charge in [-0.05, 0) is 25.1 Å². The van der Waals surface area contributed by atoms with Crippen LogP contribution in [0, 0.1) is 0 Å². The summed E-state index contributed by atoms with van der Waals surface area (Å²) < 4.78 is 4.87. The second-order valence-electron chi connectivity index (χ2n) is 3.21. The number of esters is 1. The van der Waals surface area contributed by atoms with Gasteiger partial charge in [0.2, 0.25) is 0 Å². The third-order valence-corrected chi connectivity index (χ3v) is 2.21. The van der Waals surface area contributed by atoms with Crippen molar-refractivity contribution in [1.82, 2.24) is 10.2 Å². The summed E-state index contributed by atoms with van der Waals surface area (Å²) >= 11 is 0. The molecule has 2 rings (SSSR count). The number of hydrogen-bond acceptors (Lipinski definition) is 4. The molecule has 0 aliphatic rings. The van der Waals surface area contributed by atoms with E-state index in [1.54, 1.807) is 25.1 Å². The molecule has 1 aromatic heterocycles. The van der Waals surface area contributed by atoms with E-state index in [0.717, 1.165) is 0 Å². The van der Waals surface area contributed by atoms with Crippen LogP contribution in [0.25, 0.3) is 10.9 Å². The molecule has 16 heavy (non-hydrogen) atoms. The van der Waals surface area contributed by atoms with Crippen LogP contribution in [0.2, 0.25) is 0 Å². The number of hydrogen-bond donors (Lipinski definition) is 1. The number of carbonyl (C=O) groups excluding carboxylic acids is 2. The molecule has 0 aliphatic carbocycles. The molecule has 0 radical (unpaired) electrons. The Hall–Kier alpha value is -2.17. The summed E-state index contributed by atoms with van der Waals surface area (Å²) in [6.45, 7) is 2.06. The lowest BCUT2D eigenvalue weighted by molar-refractivity contribution is 0.0526. The van der Waals surface area contributed by atoms with Crippen LogP contribution in [0.15, 0.2) is 18.2 Å². The topological polar surface area (TPSA) is 72.0 Å². The Kier molecular flexibility index (Phi) is 2.68. The van der Waals surface area contributed by atoms with E-state index < -0.39 is 5.97 Å². The first-order chi connectivity index (χ1) is 7.76. The summed E-state index contributed by atoms with van der Waals surface area (Å²) in [6, 6.07) is 4.89. The van der Waals surface area contributed by atoms with Crippen molar-refractivity contribution in [2.75, 3.05) is 6.61 Å². The second kappa shape index (κ2) is 4.14. The van der Waals surface area contributed by atoms with Gasteiger partial charge < -0.3 is 4.74 Å². The number of aromatic nitrogens is 2. The van der Waals surface area contributed by atoms with Crippen LogP contribution in [-0.2, 0) is 4.74 Å². The largest absolute Gasteiger partial charge is 0.462 e. The number of H-pyrrole nitrogens is 1. The maximum atomic E-state index is 11.5. The lowest BCUT2D eigenvalue weighted by Gasteiger charge is -2.00. The third kappa shape index (κ3) is 1.67. The summed E-state index contributed by atoms with van der Waals surface area (Å²) in [7, 11) is 0. The van der Waals surface area contributed by atoms with Crippen molar-refractivity contribution in [2.45, 2.75) is 6.92 Å². The number of rotatable bonds is 3. The van der Waals surface area contributed by atoms with Gasteiger partial charge in [0, 0.05) is 5.39 Å². The quantitative estimate of drug-likeness (QED) is 0.626. The van der Waals surface area contributed by atoms with Gasteiger partial charge in [-0.3, -0.25) is 9.89 Å². The van der Waals surface area contributed by atoms with Gasteiger partial charge in [0.25, 0.3) is 0 Å². The molecule has 1 N–H and O–H groups in total. The summed E-state index contributed by atoms with van der Waals surface area (Å²) in [5.41, 5.74) is 1.43. The van der Waals surface area contributed by atoms with Crippen molar-refractivity contribution in [2.24, 2.45) is 0 Å². The van der Waals surface area contributed by atoms with E-state index in [1.807, 2.05) is 0 Å². The molecule has 0 unspecified atom stereocenters. The summed E-state index contributed by atoms with van der Waals surface area (Å²) in [4.78, 5) is 22.2. The van der Waals surface area contributed by atoms with E-state index >= 15 is 0 Å². The lowest BCUT2D eigenvalue weighted by atomic mass is 10.1. The average molecular weight is 218 g/mol. The molecule has 0 bridgehead atoms. The van der Waals surface area contributed by atoms with Gasteiger partial charge in [-0.15, -0.1) is 0 Å². The molecule has 2 aromatic rings. The molecule has 0 saturated heterocycles. The highest BCUT2D eigenvalue weighted by Gasteiger charge is 2.10. The Balaban J connectivity index is 2.49. The predicted molar refractivity (Wildman–Crippen MR) is 57.4 cm³/mol. The molecule has 82 valence electrons. The number of benzene rings is 1. The number of aldehydes is 1. The maximum absolute atomic E-state index is 11.5. The fourth-order valence-electron chi connectivity index (χ4n) is 1.46. The molecule has 0 fully saturated rings. The molecule has 5 nitrogen and oxygen atoms in total. The fraction of sp³-hybridized carbons (Fsp3) is 0.182. The van der Waals surface area contributed by atoms with E-state index in [1.165, 1.54) is 0 Å². The van der Waals surface area contributed by atoms with E-state index in [4.69, 9.17) is 4.74 Å². The van der Waals surface area contributed by atoms with Gasteiger partial charge in [0.05, 0.1) is 17.7 Å². The Bertz CT molecular complexity index is 545. The number of fused-ring (bicyclic) bond motifs is 1. The van der Waals surface area contributed by atoms with E-state index in [-0.39, 0.29) is 0 Å². The van der Waals surface area contributed by atoms with Crippen LogP contribution < -0.4 is 0 Å². The van der Waals surface area contributed by atoms with Crippen LogP contribution >= 0.6 is 0 Å². The van der Waals surface area contributed by atoms with Crippen LogP contribution in [0.3, 0.4) is 0 Å². The Morgan fingerprint density at radius 2 is 2.38 bits per heavy atom. The van der Waals surface area contributed by atoms with E-state index in [9.17, 15) is 9.59 Å². The van der Waals surface area contributed by atoms with E-state index in [0.29, 0.717) is 35.1 Å². The highest BCUT2D eigenvalue weighted by molar-refractivity contribution is 6.00. The van der Waals surface area contributed by atoms with Crippen molar-refractivity contribution in [3.8, 4) is 0 Å². The normalized spacial score (nSPS) is 10.3. The smallest absolute Gasteiger partial charge is 0.338 e. The third-order valence-electron chi connectivity index (χ3n) is 2.21. The second-order valence-corrected chi connectivity index (χ2v) is 3.21. The summed E-state index contributed by atoms with van der Waals surface area (Å²) in [5.74, 6) is -0.401. The van der Waals surface area contributed by atoms with Gasteiger partial charge in [-0.1, -0.05) is 0 Å². The zero-order valence-electron chi connectivity index (χ0n) is 8.69. The standard InChI is InChI=1S/C11H10N2O3/c1-2-16-11(15)7-3-4-9-8(5-7)10(6-14)13-12-9/h3-6H,2H2,1H3,(H,12,13). The fourth-order valence-corrected chi connectivity index (χ4v) is 1.46. The number of ether oxygens (including phenoxy) is 1. The Labute approximate surface area is 91.4 Å². The molecule has 0 atom stereocenters. The van der Waals surface area contributed by atoms with Crippen molar-refractivity contribution >= 4 is 23.2 Å². The van der Waals surface area contributed by atoms with Gasteiger partial charge in [-0.25, -0.2) is 4.79 Å². The zero-order valence-corrected chi connectivity index (χ0v) is 8.69. The van der Waals surface area contributed by atoms with Crippen LogP contribution in [0.1, 0.15) is 27.8 Å². The summed E-state index contributed by atoms with van der Waals surface area (Å²) in [6.07, 6.45) is 0.671. The molecule has 0 aliphatic heterocycles. The number of carbonyl (C=O) groups is 2. The number of aromatic amines is 1. The SMILES string of the molecule is CCOC(=O)c1ccc2n[nH]c(C=O)c2c1. The first-order valence-corrected chi connectivity index (χ1v) is 4.86. The molecular formula is C11H10N2O3. The monoisotopic (exact) mass is 218 g/mol. The number of nitrogens with one attached hydrogen (secondary N) is 1. The molecule has 0 spiro atoms. The van der Waals surface area contributed by atoms with Crippen molar-refractivity contribution in [1.29, 1.82) is 0 Å². The minimum atomic E-state index is -0.401. The first-order valence-electron chi connectivity index (χ1n) is 4.86. The number of nitrogens with zero attached hydrogens (tertiary/aromatic N) is 1. The highest BCUT2D eigenvalue weighted by Crippen LogP contribution is 2.17. The lowest BCUT2D eigenvalue weighted by Crippen LogP contribution is -2.04. The molecule has 1 aromatic carbocycles. The molecule has 0 saturated carbocycles.